The van der Waals surface area contributed by atoms with Gasteiger partial charge in [0.15, 0.2) is 16.6 Å². The molecule has 1 aromatic rings. The van der Waals surface area contributed by atoms with Gasteiger partial charge in [-0.05, 0) is 54.0 Å². The maximum atomic E-state index is 11.4. The van der Waals surface area contributed by atoms with E-state index >= 15 is 0 Å². The quantitative estimate of drug-likeness (QED) is 0.237. The van der Waals surface area contributed by atoms with Crippen molar-refractivity contribution in [1.82, 2.24) is 0 Å². The fourth-order valence-electron chi connectivity index (χ4n) is 3.77. The van der Waals surface area contributed by atoms with Gasteiger partial charge in [-0.15, -0.1) is 0 Å². The Kier molecular flexibility index (Phi) is 12.6. The van der Waals surface area contributed by atoms with Gasteiger partial charge in [0.05, 0.1) is 25.9 Å². The molecule has 0 amide bonds. The highest BCUT2D eigenvalue weighted by Gasteiger charge is 2.40. The molecular weight excluding hydrogens is 496 g/mol. The predicted molar refractivity (Wildman–Crippen MR) is 161 cm³/mol. The second-order valence-electron chi connectivity index (χ2n) is 14.1. The molecule has 0 aromatic heterocycles. The first kappa shape index (κ1) is 34.3. The van der Waals surface area contributed by atoms with Gasteiger partial charge in [0.25, 0.3) is 0 Å². The highest BCUT2D eigenvalue weighted by molar-refractivity contribution is 6.74. The van der Waals surface area contributed by atoms with Gasteiger partial charge < -0.3 is 23.4 Å². The molecule has 5 nitrogen and oxygen atoms in total. The van der Waals surface area contributed by atoms with E-state index < -0.39 is 22.7 Å². The van der Waals surface area contributed by atoms with Crippen LogP contribution < -0.4 is 4.74 Å². The van der Waals surface area contributed by atoms with Crippen LogP contribution in [0.2, 0.25) is 36.3 Å². The predicted octanol–water partition coefficient (Wildman–Crippen LogP) is 7.89. The van der Waals surface area contributed by atoms with Crippen LogP contribution >= 0.6 is 0 Å². The zero-order valence-electron chi connectivity index (χ0n) is 26.4. The molecule has 0 radical (unpaired) electrons. The molecule has 0 aliphatic heterocycles. The molecule has 37 heavy (non-hydrogen) atoms. The Bertz CT molecular complexity index is 796. The lowest BCUT2D eigenvalue weighted by Crippen LogP contribution is -2.46. The highest BCUT2D eigenvalue weighted by Crippen LogP contribution is 2.38. The standard InChI is InChI=1S/C30H58O5Si2/c1-22(19-34-36(11,12)29(4,5)6)27(31)24(3)28(23(2)20-35-37(13,14)30(7,8)9)33-21-25-15-17-26(32-10)18-16-25/h15-18,22-24,27-28,31H,19-21H2,1-14H3/t22-,23-,24+,27+,28-/m0/s1. The number of hydrogen-bond donors (Lipinski definition) is 1. The van der Waals surface area contributed by atoms with E-state index in [2.05, 4.69) is 88.5 Å². The molecule has 0 aliphatic carbocycles. The zero-order chi connectivity index (χ0) is 28.8. The van der Waals surface area contributed by atoms with Gasteiger partial charge in [0, 0.05) is 31.0 Å². The van der Waals surface area contributed by atoms with Crippen molar-refractivity contribution in [3.05, 3.63) is 29.8 Å². The number of rotatable bonds is 14. The Morgan fingerprint density at radius 2 is 1.19 bits per heavy atom. The minimum atomic E-state index is -1.89. The van der Waals surface area contributed by atoms with Crippen molar-refractivity contribution in [3.8, 4) is 5.75 Å². The highest BCUT2D eigenvalue weighted by atomic mass is 28.4. The van der Waals surface area contributed by atoms with Crippen LogP contribution in [-0.2, 0) is 20.2 Å². The van der Waals surface area contributed by atoms with Crippen LogP contribution in [0.5, 0.6) is 5.75 Å². The van der Waals surface area contributed by atoms with Crippen LogP contribution in [0.4, 0.5) is 0 Å². The lowest BCUT2D eigenvalue weighted by atomic mass is 9.84. The maximum absolute atomic E-state index is 11.4. The van der Waals surface area contributed by atoms with Crippen LogP contribution in [0.1, 0.15) is 67.9 Å². The van der Waals surface area contributed by atoms with E-state index in [0.29, 0.717) is 19.8 Å². The van der Waals surface area contributed by atoms with Gasteiger partial charge in [0.1, 0.15) is 5.75 Å². The van der Waals surface area contributed by atoms with Crippen LogP contribution in [0.3, 0.4) is 0 Å². The summed E-state index contributed by atoms with van der Waals surface area (Å²) in [5.41, 5.74) is 1.08. The summed E-state index contributed by atoms with van der Waals surface area (Å²) in [5.74, 6) is 0.889. The molecule has 1 aromatic carbocycles. The maximum Gasteiger partial charge on any atom is 0.191 e. The first-order chi connectivity index (χ1) is 16.7. The Labute approximate surface area is 230 Å². The average Bonchev–Trinajstić information content (AvgIpc) is 2.79. The molecule has 0 bridgehead atoms. The van der Waals surface area contributed by atoms with E-state index in [1.54, 1.807) is 7.11 Å². The van der Waals surface area contributed by atoms with Crippen molar-refractivity contribution in [2.75, 3.05) is 20.3 Å². The fraction of sp³-hybridized carbons (Fsp3) is 0.800. The summed E-state index contributed by atoms with van der Waals surface area (Å²) in [5, 5.41) is 11.7. The lowest BCUT2D eigenvalue weighted by molar-refractivity contribution is -0.0877. The monoisotopic (exact) mass is 554 g/mol. The lowest BCUT2D eigenvalue weighted by Gasteiger charge is -2.40. The molecule has 0 aliphatic rings. The topological polar surface area (TPSA) is 57.2 Å². The third-order valence-corrected chi connectivity index (χ3v) is 17.8. The largest absolute Gasteiger partial charge is 0.497 e. The van der Waals surface area contributed by atoms with Crippen LogP contribution in [0, 0.1) is 17.8 Å². The molecule has 216 valence electrons. The van der Waals surface area contributed by atoms with Gasteiger partial charge in [-0.2, -0.15) is 0 Å². The van der Waals surface area contributed by atoms with Crippen molar-refractivity contribution >= 4 is 16.6 Å². The van der Waals surface area contributed by atoms with Crippen molar-refractivity contribution in [2.45, 2.75) is 117 Å². The van der Waals surface area contributed by atoms with E-state index in [4.69, 9.17) is 18.3 Å². The second-order valence-corrected chi connectivity index (χ2v) is 23.7. The summed E-state index contributed by atoms with van der Waals surface area (Å²) in [6.45, 7) is 30.6. The van der Waals surface area contributed by atoms with E-state index in [0.717, 1.165) is 11.3 Å². The van der Waals surface area contributed by atoms with E-state index in [9.17, 15) is 5.11 Å². The fourth-order valence-corrected chi connectivity index (χ4v) is 5.99. The molecule has 0 heterocycles. The van der Waals surface area contributed by atoms with Gasteiger partial charge in [-0.25, -0.2) is 0 Å². The number of benzene rings is 1. The molecule has 5 atom stereocenters. The van der Waals surface area contributed by atoms with Gasteiger partial charge >= 0.3 is 0 Å². The third-order valence-electron chi connectivity index (χ3n) is 8.83. The van der Waals surface area contributed by atoms with Gasteiger partial charge in [0.2, 0.25) is 0 Å². The molecule has 1 rings (SSSR count). The first-order valence-corrected chi connectivity index (χ1v) is 19.8. The zero-order valence-corrected chi connectivity index (χ0v) is 28.4. The van der Waals surface area contributed by atoms with Crippen molar-refractivity contribution in [1.29, 1.82) is 0 Å². The van der Waals surface area contributed by atoms with Crippen LogP contribution in [-0.4, -0.2) is 54.3 Å². The van der Waals surface area contributed by atoms with E-state index in [1.807, 2.05) is 24.3 Å². The van der Waals surface area contributed by atoms with Crippen LogP contribution in [0.15, 0.2) is 24.3 Å². The molecule has 1 N–H and O–H groups in total. The summed E-state index contributed by atoms with van der Waals surface area (Å²) in [6.07, 6.45) is -0.696. The molecule has 7 heteroatoms. The molecular formula is C30H58O5Si2. The summed E-state index contributed by atoms with van der Waals surface area (Å²) < 4.78 is 24.9. The number of aliphatic hydroxyl groups is 1. The van der Waals surface area contributed by atoms with Gasteiger partial charge in [-0.3, -0.25) is 0 Å². The SMILES string of the molecule is COc1ccc(CO[C@H]([C@H](C)[C@H](O)[C@@H](C)CO[Si](C)(C)C(C)(C)C)[C@@H](C)CO[Si](C)(C)C(C)(C)C)cc1. The van der Waals surface area contributed by atoms with Crippen LogP contribution in [0.25, 0.3) is 0 Å². The van der Waals surface area contributed by atoms with Crippen molar-refractivity contribution in [2.24, 2.45) is 17.8 Å². The minimum Gasteiger partial charge on any atom is -0.497 e. The Hall–Kier alpha value is -0.706. The third kappa shape index (κ3) is 10.1. The Morgan fingerprint density at radius 1 is 0.757 bits per heavy atom. The Balaban J connectivity index is 3.01. The van der Waals surface area contributed by atoms with Gasteiger partial charge in [-0.1, -0.05) is 74.4 Å². The molecule has 0 fully saturated rings. The average molecular weight is 555 g/mol. The first-order valence-electron chi connectivity index (χ1n) is 13.9. The van der Waals surface area contributed by atoms with E-state index in [-0.39, 0.29) is 33.9 Å². The summed E-state index contributed by atoms with van der Waals surface area (Å²) in [4.78, 5) is 0. The molecule has 0 saturated heterocycles. The Morgan fingerprint density at radius 3 is 1.59 bits per heavy atom. The smallest absolute Gasteiger partial charge is 0.191 e. The summed E-state index contributed by atoms with van der Waals surface area (Å²) in [7, 11) is -2.11. The van der Waals surface area contributed by atoms with E-state index in [1.165, 1.54) is 0 Å². The molecule has 0 spiro atoms. The molecule has 0 saturated carbocycles. The minimum absolute atomic E-state index is 0.00437. The van der Waals surface area contributed by atoms with Crippen molar-refractivity contribution < 1.29 is 23.4 Å². The second kappa shape index (κ2) is 13.6. The number of methoxy groups -OCH3 is 1. The summed E-state index contributed by atoms with van der Waals surface area (Å²) in [6, 6.07) is 7.97. The number of aliphatic hydroxyl groups excluding tert-OH is 1. The summed E-state index contributed by atoms with van der Waals surface area (Å²) >= 11 is 0. The number of hydrogen-bond acceptors (Lipinski definition) is 5. The van der Waals surface area contributed by atoms with Crippen molar-refractivity contribution in [3.63, 3.8) is 0 Å². The normalized spacial score (nSPS) is 17.7. The number of ether oxygens (including phenoxy) is 2. The molecule has 0 unspecified atom stereocenters.